The van der Waals surface area contributed by atoms with E-state index in [1.54, 1.807) is 18.2 Å². The average Bonchev–Trinajstić information content (AvgIpc) is 3.36. The van der Waals surface area contributed by atoms with Gasteiger partial charge in [0.15, 0.2) is 9.84 Å². The van der Waals surface area contributed by atoms with Crippen molar-refractivity contribution in [1.82, 2.24) is 14.5 Å². The Balaban J connectivity index is 1.31. The van der Waals surface area contributed by atoms with E-state index in [0.717, 1.165) is 47.2 Å². The number of hydrogen-bond donors (Lipinski definition) is 1. The molecule has 0 spiro atoms. The van der Waals surface area contributed by atoms with Crippen LogP contribution in [0.15, 0.2) is 59.5 Å². The monoisotopic (exact) mass is 575 g/mol. The molecule has 41 heavy (non-hydrogen) atoms. The number of sulfone groups is 1. The summed E-state index contributed by atoms with van der Waals surface area (Å²) in [5, 5.41) is 12.7. The number of halogens is 1. The predicted octanol–water partition coefficient (Wildman–Crippen LogP) is 6.23. The van der Waals surface area contributed by atoms with Gasteiger partial charge < -0.3 is 9.67 Å². The van der Waals surface area contributed by atoms with Crippen LogP contribution in [0.3, 0.4) is 0 Å². The number of piperidine rings is 1. The normalized spacial score (nSPS) is 23.1. The van der Waals surface area contributed by atoms with Gasteiger partial charge >= 0.3 is 0 Å². The molecular formula is C33H38FN3O3S. The van der Waals surface area contributed by atoms with E-state index in [-0.39, 0.29) is 10.7 Å². The number of hydrogen-bond acceptors (Lipinski definition) is 5. The van der Waals surface area contributed by atoms with E-state index >= 15 is 4.39 Å². The summed E-state index contributed by atoms with van der Waals surface area (Å²) in [7, 11) is -1.31. The number of pyridine rings is 1. The Hall–Kier alpha value is -3.07. The van der Waals surface area contributed by atoms with Crippen LogP contribution in [0.4, 0.5) is 4.39 Å². The van der Waals surface area contributed by atoms with E-state index in [1.165, 1.54) is 12.3 Å². The van der Waals surface area contributed by atoms with Gasteiger partial charge in [0, 0.05) is 59.8 Å². The molecule has 4 aromatic rings. The zero-order chi connectivity index (χ0) is 29.3. The Bertz CT molecular complexity index is 1730. The molecule has 2 aliphatic heterocycles. The fraction of sp³-hybridized carbons (Fsp3) is 0.424. The van der Waals surface area contributed by atoms with E-state index in [2.05, 4.69) is 29.4 Å². The van der Waals surface area contributed by atoms with Crippen LogP contribution in [-0.2, 0) is 22.5 Å². The van der Waals surface area contributed by atoms with Crippen LogP contribution in [0.1, 0.15) is 50.8 Å². The summed E-state index contributed by atoms with van der Waals surface area (Å²) in [6, 6.07) is 16.6. The van der Waals surface area contributed by atoms with Gasteiger partial charge in [-0.25, -0.2) is 12.8 Å². The molecule has 216 valence electrons. The molecule has 6 rings (SSSR count). The summed E-state index contributed by atoms with van der Waals surface area (Å²) in [4.78, 5) is 7.62. The van der Waals surface area contributed by atoms with Gasteiger partial charge in [0.25, 0.3) is 0 Å². The molecule has 2 saturated heterocycles. The minimum absolute atomic E-state index is 0.282. The maximum atomic E-state index is 15.7. The number of rotatable bonds is 6. The van der Waals surface area contributed by atoms with Crippen molar-refractivity contribution in [1.29, 1.82) is 0 Å². The average molecular weight is 576 g/mol. The number of aliphatic hydroxyl groups is 1. The Morgan fingerprint density at radius 1 is 1.02 bits per heavy atom. The molecule has 8 heteroatoms. The highest BCUT2D eigenvalue weighted by Crippen LogP contribution is 2.47. The van der Waals surface area contributed by atoms with Crippen LogP contribution in [0.2, 0.25) is 0 Å². The fourth-order valence-electron chi connectivity index (χ4n) is 7.09. The molecule has 2 aromatic heterocycles. The van der Waals surface area contributed by atoms with Crippen molar-refractivity contribution in [3.63, 3.8) is 0 Å². The second-order valence-corrected chi connectivity index (χ2v) is 14.5. The molecular weight excluding hydrogens is 537 g/mol. The second-order valence-electron chi connectivity index (χ2n) is 12.5. The molecule has 4 heterocycles. The van der Waals surface area contributed by atoms with Gasteiger partial charge in [-0.2, -0.15) is 0 Å². The number of aryl methyl sites for hydroxylation is 2. The first-order valence-electron chi connectivity index (χ1n) is 14.4. The Morgan fingerprint density at radius 2 is 1.66 bits per heavy atom. The van der Waals surface area contributed by atoms with Gasteiger partial charge in [-0.05, 0) is 74.4 Å². The Labute approximate surface area is 241 Å². The van der Waals surface area contributed by atoms with Gasteiger partial charge in [0.1, 0.15) is 5.82 Å². The van der Waals surface area contributed by atoms with E-state index in [1.807, 2.05) is 38.2 Å². The summed E-state index contributed by atoms with van der Waals surface area (Å²) >= 11 is 0. The van der Waals surface area contributed by atoms with Crippen molar-refractivity contribution >= 4 is 20.7 Å². The molecule has 2 aliphatic rings. The zero-order valence-corrected chi connectivity index (χ0v) is 25.2. The van der Waals surface area contributed by atoms with Crippen LogP contribution >= 0.6 is 0 Å². The minimum Gasteiger partial charge on any atom is -0.385 e. The largest absolute Gasteiger partial charge is 0.385 e. The highest BCUT2D eigenvalue weighted by atomic mass is 32.2. The second kappa shape index (κ2) is 10.0. The van der Waals surface area contributed by atoms with Gasteiger partial charge in [-0.15, -0.1) is 0 Å². The van der Waals surface area contributed by atoms with E-state index in [0.29, 0.717) is 47.7 Å². The lowest BCUT2D eigenvalue weighted by molar-refractivity contribution is -0.0615. The first kappa shape index (κ1) is 28.1. The minimum atomic E-state index is -3.27. The van der Waals surface area contributed by atoms with E-state index in [4.69, 9.17) is 4.98 Å². The zero-order valence-electron chi connectivity index (χ0n) is 24.4. The number of nitrogens with zero attached hydrogens (tertiary/aromatic N) is 3. The van der Waals surface area contributed by atoms with Crippen molar-refractivity contribution in [2.24, 2.45) is 13.0 Å². The number of aromatic nitrogens is 2. The van der Waals surface area contributed by atoms with Crippen LogP contribution in [0.5, 0.6) is 0 Å². The van der Waals surface area contributed by atoms with Crippen LogP contribution < -0.4 is 0 Å². The van der Waals surface area contributed by atoms with Crippen LogP contribution in [-0.4, -0.2) is 52.9 Å². The molecule has 0 saturated carbocycles. The maximum absolute atomic E-state index is 15.7. The standard InChI is InChI=1S/C33H38FN3O3S/c1-20(2)19-37-24-9-10-25(37)18-33(38,17-24)28-13-8-23(14-29(28)34)30-16-32-27(21(3)35-30)15-31(36(32)4)22-6-11-26(12-7-22)41(5,39)40/h6-8,11-16,20,24-25,38H,9-10,17-19H2,1-5H3/t24-,25+,33?. The molecule has 2 bridgehead atoms. The summed E-state index contributed by atoms with van der Waals surface area (Å²) in [6.45, 7) is 7.41. The highest BCUT2D eigenvalue weighted by molar-refractivity contribution is 7.90. The summed E-state index contributed by atoms with van der Waals surface area (Å²) in [5.41, 5.74) is 4.17. The molecule has 2 fully saturated rings. The number of fused-ring (bicyclic) bond motifs is 3. The van der Waals surface area contributed by atoms with Crippen molar-refractivity contribution < 1.29 is 17.9 Å². The van der Waals surface area contributed by atoms with Crippen LogP contribution in [0.25, 0.3) is 33.4 Å². The lowest BCUT2D eigenvalue weighted by Crippen LogP contribution is -2.50. The molecule has 1 unspecified atom stereocenters. The van der Waals surface area contributed by atoms with Crippen molar-refractivity contribution in [2.45, 2.75) is 69.0 Å². The first-order chi connectivity index (χ1) is 19.3. The number of benzene rings is 2. The maximum Gasteiger partial charge on any atom is 0.175 e. The molecule has 0 radical (unpaired) electrons. The van der Waals surface area contributed by atoms with Gasteiger partial charge in [-0.1, -0.05) is 38.1 Å². The Kier molecular flexibility index (Phi) is 6.87. The molecule has 1 N–H and O–H groups in total. The van der Waals surface area contributed by atoms with Crippen LogP contribution in [0, 0.1) is 18.7 Å². The van der Waals surface area contributed by atoms with E-state index < -0.39 is 15.4 Å². The SMILES string of the molecule is Cc1nc(-c2ccc(C3(O)C[C@H]4CC[C@@H](C3)N4CC(C)C)c(F)c2)cc2c1cc(-c1ccc(S(C)(=O)=O)cc1)n2C. The molecule has 3 atom stereocenters. The van der Waals surface area contributed by atoms with Gasteiger partial charge in [0.2, 0.25) is 0 Å². The van der Waals surface area contributed by atoms with Crippen molar-refractivity contribution in [3.05, 3.63) is 71.7 Å². The quantitative estimate of drug-likeness (QED) is 0.295. The molecule has 0 amide bonds. The third-order valence-corrected chi connectivity index (χ3v) is 10.2. The predicted molar refractivity (Wildman–Crippen MR) is 161 cm³/mol. The van der Waals surface area contributed by atoms with Gasteiger partial charge in [-0.3, -0.25) is 9.88 Å². The summed E-state index contributed by atoms with van der Waals surface area (Å²) in [6.07, 6.45) is 4.44. The van der Waals surface area contributed by atoms with Crippen molar-refractivity contribution in [3.8, 4) is 22.5 Å². The first-order valence-corrected chi connectivity index (χ1v) is 16.3. The summed E-state index contributed by atoms with van der Waals surface area (Å²) in [5.74, 6) is 0.175. The summed E-state index contributed by atoms with van der Waals surface area (Å²) < 4.78 is 41.5. The molecule has 2 aromatic carbocycles. The highest BCUT2D eigenvalue weighted by Gasteiger charge is 2.49. The lowest BCUT2D eigenvalue weighted by Gasteiger charge is -2.44. The fourth-order valence-corrected chi connectivity index (χ4v) is 7.72. The smallest absolute Gasteiger partial charge is 0.175 e. The van der Waals surface area contributed by atoms with Crippen molar-refractivity contribution in [2.75, 3.05) is 12.8 Å². The third kappa shape index (κ3) is 5.00. The third-order valence-electron chi connectivity index (χ3n) is 9.07. The van der Waals surface area contributed by atoms with Gasteiger partial charge in [0.05, 0.1) is 21.7 Å². The van der Waals surface area contributed by atoms with E-state index in [9.17, 15) is 13.5 Å². The topological polar surface area (TPSA) is 75.4 Å². The lowest BCUT2D eigenvalue weighted by atomic mass is 9.79. The molecule has 6 nitrogen and oxygen atoms in total. The Morgan fingerprint density at radius 3 is 2.24 bits per heavy atom. The molecule has 0 aliphatic carbocycles.